The average molecular weight is 598 g/mol. The van der Waals surface area contributed by atoms with Gasteiger partial charge in [-0.1, -0.05) is 12.1 Å². The van der Waals surface area contributed by atoms with Crippen LogP contribution in [0.4, 0.5) is 5.69 Å². The second-order valence-electron chi connectivity index (χ2n) is 11.0. The summed E-state index contributed by atoms with van der Waals surface area (Å²) < 4.78 is 0. The smallest absolute Gasteiger partial charge is 0.339 e. The van der Waals surface area contributed by atoms with Crippen LogP contribution in [0.5, 0.6) is 11.5 Å². The molecule has 14 nitrogen and oxygen atoms in total. The third-order valence-corrected chi connectivity index (χ3v) is 8.27. The lowest BCUT2D eigenvalue weighted by Crippen LogP contribution is -2.67. The quantitative estimate of drug-likeness (QED) is 0.170. The number of phenolic OH excluding ortho intramolecular Hbond substituents is 1. The van der Waals surface area contributed by atoms with E-state index in [1.807, 2.05) is 0 Å². The maximum absolute atomic E-state index is 13.7. The fraction of sp³-hybridized carbons (Fsp3) is 0.310. The molecule has 0 unspecified atom stereocenters. The largest absolute Gasteiger partial charge is 0.508 e. The number of phenols is 2. The maximum atomic E-state index is 13.7. The zero-order valence-corrected chi connectivity index (χ0v) is 23.3. The standard InChI is InChI=1S/C22H24N2O8.C7H7NO3/c1-21(31)8-5-4-6-11(25)12(8)16(26)13-9(21)7-10-15(24(2)3)17(27)14(20(23)30)19(29)22(10,32)18(13)28;8-4-1-2-5(7(10)11)6(9)3-4/h4-6,9-10,15,25-26,29,31-32H,7H2,1-3H3,(H2,23,30);1-3,9H,8H2,(H,10,11)/t9-,10-,15-,21-,22-;/m0./s1. The van der Waals surface area contributed by atoms with Crippen LogP contribution < -0.4 is 11.5 Å². The highest BCUT2D eigenvalue weighted by Gasteiger charge is 2.66. The first kappa shape index (κ1) is 31.0. The number of carbonyl (C=O) groups excluding carboxylic acids is 3. The van der Waals surface area contributed by atoms with Gasteiger partial charge in [0.25, 0.3) is 5.91 Å². The zero-order valence-electron chi connectivity index (χ0n) is 23.3. The van der Waals surface area contributed by atoms with Crippen LogP contribution in [0.1, 0.15) is 34.8 Å². The van der Waals surface area contributed by atoms with E-state index in [0.29, 0.717) is 5.69 Å². The normalized spacial score (nSPS) is 28.0. The molecule has 0 spiro atoms. The van der Waals surface area contributed by atoms with E-state index in [1.165, 1.54) is 62.3 Å². The predicted molar refractivity (Wildman–Crippen MR) is 150 cm³/mol. The summed E-state index contributed by atoms with van der Waals surface area (Å²) in [7, 11) is 3.01. The molecule has 3 aliphatic carbocycles. The Balaban J connectivity index is 0.000000324. The summed E-state index contributed by atoms with van der Waals surface area (Å²) in [6, 6.07) is 6.89. The average Bonchev–Trinajstić information content (AvgIpc) is 2.89. The molecule has 0 heterocycles. The number of nitrogen functional groups attached to an aromatic ring is 1. The molecule has 3 aliphatic rings. The van der Waals surface area contributed by atoms with Crippen LogP contribution in [0.3, 0.4) is 0 Å². The first-order valence-corrected chi connectivity index (χ1v) is 12.9. The van der Waals surface area contributed by atoms with Crippen molar-refractivity contribution in [2.24, 2.45) is 17.6 Å². The number of rotatable bonds is 3. The summed E-state index contributed by atoms with van der Waals surface area (Å²) in [5, 5.41) is 72.4. The molecule has 5 atom stereocenters. The molecule has 0 saturated heterocycles. The molecule has 0 aromatic heterocycles. The number of benzene rings is 2. The van der Waals surface area contributed by atoms with Crippen LogP contribution >= 0.6 is 0 Å². The SMILES string of the molecule is CN(C)[C@@H]1C(=O)C(C(N)=O)=C(O)[C@@]2(O)C(=O)C3=C(O)c4c(O)cccc4[C@](C)(O)[C@H]3C[C@@H]12.Nc1ccc(C(=O)O)c(O)c1. The molecule has 43 heavy (non-hydrogen) atoms. The van der Waals surface area contributed by atoms with Crippen LogP contribution in [0.2, 0.25) is 0 Å². The van der Waals surface area contributed by atoms with Crippen molar-refractivity contribution in [3.8, 4) is 11.5 Å². The Bertz CT molecular complexity index is 1640. The second kappa shape index (κ2) is 10.4. The number of nitrogens with zero attached hydrogens (tertiary/aromatic N) is 1. The molecule has 1 saturated carbocycles. The number of amides is 1. The summed E-state index contributed by atoms with van der Waals surface area (Å²) >= 11 is 0. The third kappa shape index (κ3) is 4.56. The van der Waals surface area contributed by atoms with E-state index in [-0.39, 0.29) is 28.9 Å². The molecular weight excluding hydrogens is 566 g/mol. The lowest BCUT2D eigenvalue weighted by molar-refractivity contribution is -0.159. The summed E-state index contributed by atoms with van der Waals surface area (Å²) in [5.41, 5.74) is 4.93. The van der Waals surface area contributed by atoms with Gasteiger partial charge in [0.05, 0.1) is 17.2 Å². The number of aliphatic hydroxyl groups is 4. The van der Waals surface area contributed by atoms with Gasteiger partial charge in [0.1, 0.15) is 34.2 Å². The van der Waals surface area contributed by atoms with E-state index in [4.69, 9.17) is 21.7 Å². The van der Waals surface area contributed by atoms with Gasteiger partial charge in [-0.05, 0) is 51.2 Å². The van der Waals surface area contributed by atoms with Crippen molar-refractivity contribution in [3.63, 3.8) is 0 Å². The molecule has 5 rings (SSSR count). The Labute approximate surface area is 244 Å². The Morgan fingerprint density at radius 1 is 1.00 bits per heavy atom. The maximum Gasteiger partial charge on any atom is 0.339 e. The van der Waals surface area contributed by atoms with Gasteiger partial charge in [-0.2, -0.15) is 0 Å². The minimum absolute atomic E-state index is 0.140. The monoisotopic (exact) mass is 597 g/mol. The van der Waals surface area contributed by atoms with Gasteiger partial charge in [-0.3, -0.25) is 19.3 Å². The zero-order chi connectivity index (χ0) is 32.3. The number of hydrogen-bond donors (Lipinski definition) is 9. The number of hydrogen-bond acceptors (Lipinski definition) is 12. The number of carboxylic acids is 1. The van der Waals surface area contributed by atoms with E-state index in [1.54, 1.807) is 0 Å². The Morgan fingerprint density at radius 3 is 2.16 bits per heavy atom. The summed E-state index contributed by atoms with van der Waals surface area (Å²) in [5.74, 6) is -9.37. The van der Waals surface area contributed by atoms with Crippen LogP contribution in [-0.2, 0) is 20.0 Å². The van der Waals surface area contributed by atoms with E-state index < -0.39 is 80.9 Å². The Kier molecular flexibility index (Phi) is 7.51. The van der Waals surface area contributed by atoms with E-state index in [0.717, 1.165) is 0 Å². The number of carbonyl (C=O) groups is 4. The highest BCUT2D eigenvalue weighted by molar-refractivity contribution is 6.24. The summed E-state index contributed by atoms with van der Waals surface area (Å²) in [4.78, 5) is 50.3. The number of anilines is 1. The number of primary amides is 1. The lowest BCUT2D eigenvalue weighted by atomic mass is 9.54. The fourth-order valence-electron chi connectivity index (χ4n) is 6.23. The fourth-order valence-corrected chi connectivity index (χ4v) is 6.23. The molecule has 2 aromatic rings. The van der Waals surface area contributed by atoms with E-state index in [2.05, 4.69) is 0 Å². The summed E-state index contributed by atoms with van der Waals surface area (Å²) in [6.45, 7) is 1.40. The molecule has 0 bridgehead atoms. The first-order chi connectivity index (χ1) is 19.9. The number of nitrogens with two attached hydrogens (primary N) is 2. The number of Topliss-reactive ketones (excluding diaryl/α,β-unsaturated/α-hetero) is 2. The van der Waals surface area contributed by atoms with Crippen molar-refractivity contribution >= 4 is 34.9 Å². The van der Waals surface area contributed by atoms with Crippen molar-refractivity contribution in [3.05, 3.63) is 70.0 Å². The predicted octanol–water partition coefficient (Wildman–Crippen LogP) is 0.302. The Hall–Kier alpha value is -4.92. The van der Waals surface area contributed by atoms with Crippen LogP contribution in [0.25, 0.3) is 5.76 Å². The van der Waals surface area contributed by atoms with Gasteiger partial charge in [0.15, 0.2) is 11.4 Å². The van der Waals surface area contributed by atoms with Crippen molar-refractivity contribution in [2.45, 2.75) is 30.6 Å². The van der Waals surface area contributed by atoms with Gasteiger partial charge in [-0.25, -0.2) is 4.79 Å². The molecule has 11 N–H and O–H groups in total. The molecule has 0 aliphatic heterocycles. The molecule has 1 fully saturated rings. The van der Waals surface area contributed by atoms with Gasteiger partial charge >= 0.3 is 5.97 Å². The van der Waals surface area contributed by atoms with Gasteiger partial charge in [0.2, 0.25) is 5.78 Å². The van der Waals surface area contributed by atoms with Crippen molar-refractivity contribution in [2.75, 3.05) is 19.8 Å². The number of ketones is 2. The minimum atomic E-state index is -2.75. The molecular formula is C29H31N3O11. The number of aliphatic hydroxyl groups excluding tert-OH is 2. The van der Waals surface area contributed by atoms with Gasteiger partial charge in [0, 0.05) is 29.2 Å². The molecule has 1 amide bonds. The Morgan fingerprint density at radius 2 is 1.63 bits per heavy atom. The molecule has 228 valence electrons. The van der Waals surface area contributed by atoms with Gasteiger partial charge in [-0.15, -0.1) is 0 Å². The second-order valence-corrected chi connectivity index (χ2v) is 11.0. The molecule has 14 heteroatoms. The number of fused-ring (bicyclic) bond motifs is 3. The molecule has 0 radical (unpaired) electrons. The lowest BCUT2D eigenvalue weighted by Gasteiger charge is -2.53. The number of carboxylic acid groups (broad SMARTS) is 1. The van der Waals surface area contributed by atoms with Crippen molar-refractivity contribution in [1.82, 2.24) is 4.90 Å². The van der Waals surface area contributed by atoms with E-state index in [9.17, 15) is 44.7 Å². The van der Waals surface area contributed by atoms with Crippen LogP contribution in [0, 0.1) is 11.8 Å². The van der Waals surface area contributed by atoms with Gasteiger partial charge < -0.3 is 47.2 Å². The van der Waals surface area contributed by atoms with Crippen LogP contribution in [0.15, 0.2) is 53.3 Å². The highest BCUT2D eigenvalue weighted by atomic mass is 16.4. The first-order valence-electron chi connectivity index (χ1n) is 12.9. The highest BCUT2D eigenvalue weighted by Crippen LogP contribution is 2.57. The van der Waals surface area contributed by atoms with Crippen molar-refractivity contribution < 1.29 is 54.9 Å². The topological polar surface area (TPSA) is 265 Å². The third-order valence-electron chi connectivity index (χ3n) is 8.27. The molecule has 2 aromatic carbocycles. The number of aromatic carboxylic acids is 1. The minimum Gasteiger partial charge on any atom is -0.508 e. The summed E-state index contributed by atoms with van der Waals surface area (Å²) in [6.07, 6.45) is -0.200. The van der Waals surface area contributed by atoms with E-state index >= 15 is 0 Å². The van der Waals surface area contributed by atoms with Crippen molar-refractivity contribution in [1.29, 1.82) is 0 Å². The number of aromatic hydroxyl groups is 2. The number of likely N-dealkylation sites (N-methyl/N-ethyl adjacent to an activating group) is 1. The van der Waals surface area contributed by atoms with Crippen LogP contribution in [-0.4, -0.2) is 89.8 Å².